The number of amides is 1. The van der Waals surface area contributed by atoms with Gasteiger partial charge >= 0.3 is 5.91 Å². The topological polar surface area (TPSA) is 102 Å². The van der Waals surface area contributed by atoms with Gasteiger partial charge in [-0.1, -0.05) is 17.3 Å². The Morgan fingerprint density at radius 2 is 1.75 bits per heavy atom. The van der Waals surface area contributed by atoms with E-state index in [2.05, 4.69) is 5.16 Å². The third-order valence-corrected chi connectivity index (χ3v) is 5.18. The first-order valence-electron chi connectivity index (χ1n) is 10.1. The summed E-state index contributed by atoms with van der Waals surface area (Å²) in [6.45, 7) is 4.08. The van der Waals surface area contributed by atoms with Crippen LogP contribution >= 0.6 is 0 Å². The highest BCUT2D eigenvalue weighted by atomic mass is 16.5. The van der Waals surface area contributed by atoms with Crippen molar-refractivity contribution in [3.63, 3.8) is 0 Å². The number of benzene rings is 2. The van der Waals surface area contributed by atoms with Crippen molar-refractivity contribution in [1.29, 1.82) is 0 Å². The van der Waals surface area contributed by atoms with Crippen molar-refractivity contribution in [3.05, 3.63) is 77.1 Å². The van der Waals surface area contributed by atoms with Crippen molar-refractivity contribution in [2.45, 2.75) is 19.9 Å². The number of nitrogens with zero attached hydrogens (tertiary/aromatic N) is 2. The number of hydrogen-bond donors (Lipinski definition) is 1. The Kier molecular flexibility index (Phi) is 5.68. The van der Waals surface area contributed by atoms with Gasteiger partial charge in [0, 0.05) is 11.6 Å². The summed E-state index contributed by atoms with van der Waals surface area (Å²) in [6, 6.07) is 14.3. The third kappa shape index (κ3) is 3.71. The molecule has 1 atom stereocenters. The molecule has 1 fully saturated rings. The van der Waals surface area contributed by atoms with E-state index in [-0.39, 0.29) is 17.2 Å². The van der Waals surface area contributed by atoms with Gasteiger partial charge in [-0.25, -0.2) is 0 Å². The SMILES string of the molecule is CCOc1ccc([C@H]2C(=C(O)c3ccc(OC)cc3)C(=O)C(=O)N2c2cc(C)on2)cc1. The van der Waals surface area contributed by atoms with Gasteiger partial charge in [0.25, 0.3) is 5.78 Å². The Morgan fingerprint density at radius 1 is 1.09 bits per heavy atom. The Hall–Kier alpha value is -4.07. The van der Waals surface area contributed by atoms with Gasteiger partial charge in [0.1, 0.15) is 23.0 Å². The van der Waals surface area contributed by atoms with Gasteiger partial charge in [0.05, 0.1) is 25.3 Å². The largest absolute Gasteiger partial charge is 0.507 e. The van der Waals surface area contributed by atoms with Crippen molar-refractivity contribution in [2.24, 2.45) is 0 Å². The summed E-state index contributed by atoms with van der Waals surface area (Å²) in [5, 5.41) is 15.0. The average Bonchev–Trinajstić information content (AvgIpc) is 3.35. The second-order valence-electron chi connectivity index (χ2n) is 7.20. The van der Waals surface area contributed by atoms with Crippen LogP contribution in [0.3, 0.4) is 0 Å². The molecule has 1 N–H and O–H groups in total. The molecule has 0 spiro atoms. The summed E-state index contributed by atoms with van der Waals surface area (Å²) in [6.07, 6.45) is 0. The highest BCUT2D eigenvalue weighted by molar-refractivity contribution is 6.51. The first-order valence-corrected chi connectivity index (χ1v) is 10.1. The van der Waals surface area contributed by atoms with Crippen LogP contribution in [-0.2, 0) is 9.59 Å². The van der Waals surface area contributed by atoms with E-state index in [1.807, 2.05) is 6.92 Å². The van der Waals surface area contributed by atoms with Gasteiger partial charge in [-0.15, -0.1) is 0 Å². The maximum Gasteiger partial charge on any atom is 0.301 e. The Bertz CT molecular complexity index is 1180. The van der Waals surface area contributed by atoms with Gasteiger partial charge in [-0.05, 0) is 55.8 Å². The number of aromatic nitrogens is 1. The molecule has 3 aromatic rings. The predicted octanol–water partition coefficient (Wildman–Crippen LogP) is 4.02. The lowest BCUT2D eigenvalue weighted by molar-refractivity contribution is -0.132. The number of rotatable bonds is 6. The molecule has 2 aromatic carbocycles. The second kappa shape index (κ2) is 8.58. The fraction of sp³-hybridized carbons (Fsp3) is 0.208. The summed E-state index contributed by atoms with van der Waals surface area (Å²) in [5.41, 5.74) is 0.962. The molecule has 1 amide bonds. The highest BCUT2D eigenvalue weighted by Crippen LogP contribution is 2.42. The second-order valence-corrected chi connectivity index (χ2v) is 7.20. The molecule has 0 radical (unpaired) electrons. The van der Waals surface area contributed by atoms with E-state index in [1.54, 1.807) is 61.5 Å². The minimum Gasteiger partial charge on any atom is -0.507 e. The van der Waals surface area contributed by atoms with Crippen LogP contribution in [0.1, 0.15) is 29.9 Å². The van der Waals surface area contributed by atoms with Crippen LogP contribution in [0, 0.1) is 6.92 Å². The Morgan fingerprint density at radius 3 is 2.31 bits per heavy atom. The standard InChI is InChI=1S/C24H22N2O6/c1-4-31-18-11-5-15(6-12-18)21-20(22(27)16-7-9-17(30-3)10-8-16)23(28)24(29)26(21)19-13-14(2)32-25-19/h5-13,21,27H,4H2,1-3H3/t21-/m0/s1. The van der Waals surface area contributed by atoms with E-state index in [9.17, 15) is 14.7 Å². The Labute approximate surface area is 184 Å². The molecule has 8 nitrogen and oxygen atoms in total. The zero-order chi connectivity index (χ0) is 22.8. The van der Waals surface area contributed by atoms with Gasteiger partial charge in [-0.2, -0.15) is 0 Å². The van der Waals surface area contributed by atoms with Crippen molar-refractivity contribution >= 4 is 23.3 Å². The summed E-state index contributed by atoms with van der Waals surface area (Å²) in [7, 11) is 1.53. The summed E-state index contributed by atoms with van der Waals surface area (Å²) < 4.78 is 15.8. The number of methoxy groups -OCH3 is 1. The maximum absolute atomic E-state index is 13.1. The first kappa shape index (κ1) is 21.2. The van der Waals surface area contributed by atoms with Crippen molar-refractivity contribution in [3.8, 4) is 11.5 Å². The molecule has 2 heterocycles. The number of ketones is 1. The number of aryl methyl sites for hydroxylation is 1. The van der Waals surface area contributed by atoms with E-state index in [0.717, 1.165) is 0 Å². The summed E-state index contributed by atoms with van der Waals surface area (Å²) >= 11 is 0. The first-order chi connectivity index (χ1) is 15.4. The van der Waals surface area contributed by atoms with Crippen molar-refractivity contribution < 1.29 is 28.7 Å². The van der Waals surface area contributed by atoms with Crippen LogP contribution < -0.4 is 14.4 Å². The fourth-order valence-corrected chi connectivity index (χ4v) is 3.67. The number of ether oxygens (including phenoxy) is 2. The molecule has 1 aromatic heterocycles. The van der Waals surface area contributed by atoms with Crippen LogP contribution in [0.2, 0.25) is 0 Å². The number of aliphatic hydroxyl groups is 1. The molecule has 0 bridgehead atoms. The van der Waals surface area contributed by atoms with Crippen LogP contribution in [0.15, 0.2) is 64.7 Å². The summed E-state index contributed by atoms with van der Waals surface area (Å²) in [5.74, 6) is 0.0428. The van der Waals surface area contributed by atoms with Gasteiger partial charge in [0.15, 0.2) is 5.82 Å². The lowest BCUT2D eigenvalue weighted by Gasteiger charge is -2.23. The maximum atomic E-state index is 13.1. The predicted molar refractivity (Wildman–Crippen MR) is 117 cm³/mol. The fourth-order valence-electron chi connectivity index (χ4n) is 3.67. The zero-order valence-corrected chi connectivity index (χ0v) is 17.9. The molecule has 1 aliphatic rings. The number of anilines is 1. The van der Waals surface area contributed by atoms with E-state index in [0.29, 0.717) is 35.0 Å². The van der Waals surface area contributed by atoms with Crippen LogP contribution in [0.4, 0.5) is 5.82 Å². The van der Waals surface area contributed by atoms with Crippen molar-refractivity contribution in [1.82, 2.24) is 5.16 Å². The minimum absolute atomic E-state index is 0.0371. The van der Waals surface area contributed by atoms with Gasteiger partial charge in [0.2, 0.25) is 0 Å². The number of hydrogen-bond acceptors (Lipinski definition) is 7. The molecule has 164 valence electrons. The van der Waals surface area contributed by atoms with E-state index >= 15 is 0 Å². The van der Waals surface area contributed by atoms with Crippen molar-refractivity contribution in [2.75, 3.05) is 18.6 Å². The summed E-state index contributed by atoms with van der Waals surface area (Å²) in [4.78, 5) is 27.3. The molecule has 1 saturated heterocycles. The number of carbonyl (C=O) groups is 2. The molecule has 0 unspecified atom stereocenters. The van der Waals surface area contributed by atoms with E-state index < -0.39 is 17.7 Å². The Balaban J connectivity index is 1.87. The normalized spacial score (nSPS) is 17.6. The molecular formula is C24H22N2O6. The monoisotopic (exact) mass is 434 g/mol. The molecule has 0 aliphatic carbocycles. The van der Waals surface area contributed by atoms with Gasteiger partial charge in [-0.3, -0.25) is 14.5 Å². The van der Waals surface area contributed by atoms with E-state index in [4.69, 9.17) is 14.0 Å². The lowest BCUT2D eigenvalue weighted by Crippen LogP contribution is -2.29. The minimum atomic E-state index is -0.891. The van der Waals surface area contributed by atoms with Crippen LogP contribution in [0.5, 0.6) is 11.5 Å². The van der Waals surface area contributed by atoms with E-state index in [1.165, 1.54) is 12.0 Å². The third-order valence-electron chi connectivity index (χ3n) is 5.18. The molecule has 4 rings (SSSR count). The quantitative estimate of drug-likeness (QED) is 0.355. The molecule has 8 heteroatoms. The number of Topliss-reactive ketones (excluding diaryl/α,β-unsaturated/α-hetero) is 1. The molecular weight excluding hydrogens is 412 g/mol. The van der Waals surface area contributed by atoms with Crippen LogP contribution in [-0.4, -0.2) is 35.7 Å². The van der Waals surface area contributed by atoms with Crippen LogP contribution in [0.25, 0.3) is 5.76 Å². The number of carbonyl (C=O) groups excluding carboxylic acids is 2. The molecule has 0 saturated carbocycles. The van der Waals surface area contributed by atoms with Gasteiger partial charge < -0.3 is 19.1 Å². The highest BCUT2D eigenvalue weighted by Gasteiger charge is 2.48. The zero-order valence-electron chi connectivity index (χ0n) is 17.9. The molecule has 1 aliphatic heterocycles. The smallest absolute Gasteiger partial charge is 0.301 e. The number of aliphatic hydroxyl groups excluding tert-OH is 1. The lowest BCUT2D eigenvalue weighted by atomic mass is 9.95. The average molecular weight is 434 g/mol. The molecule has 32 heavy (non-hydrogen) atoms.